The van der Waals surface area contributed by atoms with E-state index in [-0.39, 0.29) is 21.5 Å². The number of halogens is 2. The minimum Gasteiger partial charge on any atom is -0.207 e. The lowest BCUT2D eigenvalue weighted by molar-refractivity contribution is 0.586. The molecule has 0 saturated carbocycles. The average molecular weight is 264 g/mol. The van der Waals surface area contributed by atoms with E-state index in [9.17, 15) is 8.42 Å². The second kappa shape index (κ2) is 4.86. The highest BCUT2D eigenvalue weighted by molar-refractivity contribution is 7.89. The second-order valence-corrected chi connectivity index (χ2v) is 5.27. The summed E-state index contributed by atoms with van der Waals surface area (Å²) in [6.45, 7) is -0.0769. The van der Waals surface area contributed by atoms with E-state index in [0.29, 0.717) is 0 Å². The van der Waals surface area contributed by atoms with Crippen molar-refractivity contribution < 1.29 is 8.42 Å². The molecule has 15 heavy (non-hydrogen) atoms. The molecule has 0 radical (unpaired) electrons. The highest BCUT2D eigenvalue weighted by atomic mass is 35.5. The third-order valence-electron chi connectivity index (χ3n) is 1.51. The van der Waals surface area contributed by atoms with E-state index in [4.69, 9.17) is 29.6 Å². The van der Waals surface area contributed by atoms with Crippen molar-refractivity contribution in [1.82, 2.24) is 4.72 Å². The van der Waals surface area contributed by atoms with Gasteiger partial charge in [-0.3, -0.25) is 0 Å². The Morgan fingerprint density at radius 2 is 1.80 bits per heavy atom. The minimum atomic E-state index is -3.63. The third-order valence-corrected chi connectivity index (χ3v) is 3.33. The van der Waals surface area contributed by atoms with Gasteiger partial charge in [0.15, 0.2) is 0 Å². The minimum absolute atomic E-state index is 0.00440. The molecule has 0 atom stereocenters. The molecule has 80 valence electrons. The van der Waals surface area contributed by atoms with Gasteiger partial charge in [-0.05, 0) is 18.2 Å². The first-order chi connectivity index (χ1) is 6.95. The average Bonchev–Trinajstić information content (AvgIpc) is 2.13. The molecule has 1 aromatic carbocycles. The first-order valence-electron chi connectivity index (χ1n) is 3.85. The Morgan fingerprint density at radius 3 is 2.27 bits per heavy atom. The lowest BCUT2D eigenvalue weighted by Gasteiger charge is -2.04. The number of sulfonamides is 1. The van der Waals surface area contributed by atoms with Crippen molar-refractivity contribution in [3.05, 3.63) is 28.2 Å². The van der Waals surface area contributed by atoms with Crippen LogP contribution in [0.1, 0.15) is 0 Å². The summed E-state index contributed by atoms with van der Waals surface area (Å²) in [6.07, 6.45) is 4.94. The van der Waals surface area contributed by atoms with Gasteiger partial charge >= 0.3 is 0 Å². The zero-order valence-electron chi connectivity index (χ0n) is 7.50. The standard InChI is InChI=1S/C9H7Cl2NO2S/c1-2-3-12-15(13,14)9-5-7(10)4-8(11)6-9/h1,4-6,12H,3H2. The molecule has 0 unspecified atom stereocenters. The van der Waals surface area contributed by atoms with E-state index in [1.54, 1.807) is 0 Å². The molecule has 0 spiro atoms. The number of rotatable bonds is 3. The lowest BCUT2D eigenvalue weighted by Crippen LogP contribution is -2.23. The zero-order valence-corrected chi connectivity index (χ0v) is 9.83. The molecule has 0 saturated heterocycles. The van der Waals surface area contributed by atoms with E-state index < -0.39 is 10.0 Å². The van der Waals surface area contributed by atoms with Crippen molar-refractivity contribution in [1.29, 1.82) is 0 Å². The van der Waals surface area contributed by atoms with Crippen molar-refractivity contribution in [3.8, 4) is 12.3 Å². The highest BCUT2D eigenvalue weighted by Gasteiger charge is 2.14. The molecule has 3 nitrogen and oxygen atoms in total. The topological polar surface area (TPSA) is 46.2 Å². The fourth-order valence-corrected chi connectivity index (χ4v) is 2.56. The van der Waals surface area contributed by atoms with Gasteiger partial charge in [0.2, 0.25) is 10.0 Å². The summed E-state index contributed by atoms with van der Waals surface area (Å²) in [6, 6.07) is 4.04. The van der Waals surface area contributed by atoms with Crippen LogP contribution in [0.5, 0.6) is 0 Å². The van der Waals surface area contributed by atoms with Crippen LogP contribution < -0.4 is 4.72 Å². The van der Waals surface area contributed by atoms with Gasteiger partial charge in [0, 0.05) is 10.0 Å². The summed E-state index contributed by atoms with van der Waals surface area (Å²) in [7, 11) is -3.63. The molecule has 0 amide bonds. The smallest absolute Gasteiger partial charge is 0.207 e. The Bertz CT molecular complexity index is 485. The Morgan fingerprint density at radius 1 is 1.27 bits per heavy atom. The van der Waals surface area contributed by atoms with E-state index in [1.807, 2.05) is 0 Å². The number of hydrogen-bond acceptors (Lipinski definition) is 2. The molecule has 0 aliphatic carbocycles. The quantitative estimate of drug-likeness (QED) is 0.847. The van der Waals surface area contributed by atoms with Crippen molar-refractivity contribution >= 4 is 33.2 Å². The zero-order chi connectivity index (χ0) is 11.5. The summed E-state index contributed by atoms with van der Waals surface area (Å²) < 4.78 is 25.3. The molecule has 0 heterocycles. The summed E-state index contributed by atoms with van der Waals surface area (Å²) in [5.74, 6) is 2.17. The van der Waals surface area contributed by atoms with Gasteiger partial charge in [0.25, 0.3) is 0 Å². The van der Waals surface area contributed by atoms with Crippen LogP contribution in [-0.2, 0) is 10.0 Å². The summed E-state index contributed by atoms with van der Waals surface area (Å²) >= 11 is 11.3. The van der Waals surface area contributed by atoms with E-state index in [2.05, 4.69) is 10.6 Å². The molecule has 0 aliphatic rings. The number of terminal acetylenes is 1. The Hall–Kier alpha value is -0.730. The molecule has 1 N–H and O–H groups in total. The van der Waals surface area contributed by atoms with Gasteiger partial charge in [-0.15, -0.1) is 6.42 Å². The van der Waals surface area contributed by atoms with Crippen LogP contribution in [0.2, 0.25) is 10.0 Å². The SMILES string of the molecule is C#CCNS(=O)(=O)c1cc(Cl)cc(Cl)c1. The van der Waals surface area contributed by atoms with Crippen LogP contribution in [0.3, 0.4) is 0 Å². The fourth-order valence-electron chi connectivity index (χ4n) is 0.904. The third kappa shape index (κ3) is 3.40. The van der Waals surface area contributed by atoms with E-state index in [1.165, 1.54) is 18.2 Å². The van der Waals surface area contributed by atoms with Crippen LogP contribution >= 0.6 is 23.2 Å². The molecule has 0 fully saturated rings. The number of hydrogen-bond donors (Lipinski definition) is 1. The highest BCUT2D eigenvalue weighted by Crippen LogP contribution is 2.21. The molecule has 0 bridgehead atoms. The van der Waals surface area contributed by atoms with Crippen molar-refractivity contribution in [2.75, 3.05) is 6.54 Å². The van der Waals surface area contributed by atoms with Gasteiger partial charge in [0.05, 0.1) is 11.4 Å². The summed E-state index contributed by atoms with van der Waals surface area (Å²) in [5.41, 5.74) is 0. The predicted molar refractivity (Wildman–Crippen MR) is 60.5 cm³/mol. The summed E-state index contributed by atoms with van der Waals surface area (Å²) in [5, 5.41) is 0.507. The number of nitrogens with one attached hydrogen (secondary N) is 1. The maximum atomic E-state index is 11.6. The largest absolute Gasteiger partial charge is 0.241 e. The van der Waals surface area contributed by atoms with E-state index >= 15 is 0 Å². The first-order valence-corrected chi connectivity index (χ1v) is 6.09. The molecule has 6 heteroatoms. The molecule has 0 aromatic heterocycles. The van der Waals surface area contributed by atoms with Gasteiger partial charge < -0.3 is 0 Å². The van der Waals surface area contributed by atoms with Crippen molar-refractivity contribution in [2.24, 2.45) is 0 Å². The van der Waals surface area contributed by atoms with E-state index in [0.717, 1.165) is 0 Å². The Balaban J connectivity index is 3.11. The van der Waals surface area contributed by atoms with Crippen LogP contribution in [0.15, 0.2) is 23.1 Å². The normalized spacial score (nSPS) is 11.0. The maximum absolute atomic E-state index is 11.6. The monoisotopic (exact) mass is 263 g/mol. The van der Waals surface area contributed by atoms with Crippen LogP contribution in [0.4, 0.5) is 0 Å². The summed E-state index contributed by atoms with van der Waals surface area (Å²) in [4.78, 5) is -0.00440. The van der Waals surface area contributed by atoms with Crippen LogP contribution in [0, 0.1) is 12.3 Å². The van der Waals surface area contributed by atoms with Gasteiger partial charge in [-0.2, -0.15) is 4.72 Å². The predicted octanol–water partition coefficient (Wildman–Crippen LogP) is 1.90. The number of benzene rings is 1. The van der Waals surface area contributed by atoms with Gasteiger partial charge in [-0.25, -0.2) is 8.42 Å². The fraction of sp³-hybridized carbons (Fsp3) is 0.111. The van der Waals surface area contributed by atoms with Gasteiger partial charge in [-0.1, -0.05) is 29.1 Å². The molecular formula is C9H7Cl2NO2S. The molecule has 1 aromatic rings. The molecular weight excluding hydrogens is 257 g/mol. The van der Waals surface area contributed by atoms with Crippen LogP contribution in [0.25, 0.3) is 0 Å². The Labute approximate surface area is 98.4 Å². The van der Waals surface area contributed by atoms with Crippen LogP contribution in [-0.4, -0.2) is 15.0 Å². The lowest BCUT2D eigenvalue weighted by atomic mass is 10.4. The Kier molecular flexibility index (Phi) is 4.00. The molecule has 0 aliphatic heterocycles. The molecule has 1 rings (SSSR count). The second-order valence-electron chi connectivity index (χ2n) is 2.63. The maximum Gasteiger partial charge on any atom is 0.241 e. The first kappa shape index (κ1) is 12.3. The van der Waals surface area contributed by atoms with Crippen molar-refractivity contribution in [3.63, 3.8) is 0 Å². The van der Waals surface area contributed by atoms with Crippen molar-refractivity contribution in [2.45, 2.75) is 4.90 Å². The van der Waals surface area contributed by atoms with Gasteiger partial charge in [0.1, 0.15) is 0 Å².